The van der Waals surface area contributed by atoms with Crippen molar-refractivity contribution in [2.75, 3.05) is 6.54 Å². The summed E-state index contributed by atoms with van der Waals surface area (Å²) in [7, 11) is 0. The van der Waals surface area contributed by atoms with E-state index in [0.29, 0.717) is 23.7 Å². The van der Waals surface area contributed by atoms with Gasteiger partial charge in [-0.1, -0.05) is 41.9 Å². The van der Waals surface area contributed by atoms with Gasteiger partial charge in [0.2, 0.25) is 0 Å². The Hall–Kier alpha value is -2.46. The molecule has 0 radical (unpaired) electrons. The van der Waals surface area contributed by atoms with Crippen molar-refractivity contribution in [2.24, 2.45) is 0 Å². The van der Waals surface area contributed by atoms with Crippen molar-refractivity contribution >= 4 is 28.4 Å². The minimum Gasteiger partial charge on any atom is -0.350 e. The molecule has 1 aromatic heterocycles. The molecule has 1 heterocycles. The number of hydrogen-bond acceptors (Lipinski definition) is 3. The number of hydrogen-bond donors (Lipinski definition) is 1. The summed E-state index contributed by atoms with van der Waals surface area (Å²) >= 11 is 5.93. The molecule has 1 N–H and O–H groups in total. The molecular formula is C17H14ClN3O. The summed E-state index contributed by atoms with van der Waals surface area (Å²) in [5.41, 5.74) is 2.18. The van der Waals surface area contributed by atoms with E-state index in [1.54, 1.807) is 6.07 Å². The number of amides is 1. The average molecular weight is 312 g/mol. The molecule has 3 aromatic rings. The quantitative estimate of drug-likeness (QED) is 0.804. The number of halogens is 1. The molecule has 5 heteroatoms. The Morgan fingerprint density at radius 1 is 1.05 bits per heavy atom. The van der Waals surface area contributed by atoms with Crippen LogP contribution in [0.1, 0.15) is 16.1 Å². The van der Waals surface area contributed by atoms with Crippen molar-refractivity contribution < 1.29 is 4.79 Å². The van der Waals surface area contributed by atoms with E-state index in [4.69, 9.17) is 11.6 Å². The van der Waals surface area contributed by atoms with E-state index in [2.05, 4.69) is 15.5 Å². The minimum atomic E-state index is -0.222. The fraction of sp³-hybridized carbons (Fsp3) is 0.118. The molecule has 0 saturated carbocycles. The Morgan fingerprint density at radius 2 is 1.91 bits per heavy atom. The molecule has 0 atom stereocenters. The normalized spacial score (nSPS) is 10.6. The molecule has 22 heavy (non-hydrogen) atoms. The van der Waals surface area contributed by atoms with Crippen LogP contribution in [0.3, 0.4) is 0 Å². The number of aromatic nitrogens is 2. The van der Waals surface area contributed by atoms with Gasteiger partial charge in [0.05, 0.1) is 5.52 Å². The monoisotopic (exact) mass is 311 g/mol. The fourth-order valence-corrected chi connectivity index (χ4v) is 2.41. The third kappa shape index (κ3) is 3.40. The summed E-state index contributed by atoms with van der Waals surface area (Å²) < 4.78 is 0. The maximum Gasteiger partial charge on any atom is 0.271 e. The third-order valence-corrected chi connectivity index (χ3v) is 3.55. The molecule has 110 valence electrons. The second-order valence-corrected chi connectivity index (χ2v) is 5.36. The number of rotatable bonds is 4. The average Bonchev–Trinajstić information content (AvgIpc) is 2.54. The smallest absolute Gasteiger partial charge is 0.271 e. The van der Waals surface area contributed by atoms with E-state index < -0.39 is 0 Å². The van der Waals surface area contributed by atoms with Crippen LogP contribution in [0, 0.1) is 0 Å². The molecule has 0 spiro atoms. The number of benzene rings is 2. The van der Waals surface area contributed by atoms with Crippen LogP contribution in [-0.4, -0.2) is 22.6 Å². The van der Waals surface area contributed by atoms with Crippen molar-refractivity contribution in [1.82, 2.24) is 15.5 Å². The lowest BCUT2D eigenvalue weighted by molar-refractivity contribution is 0.0948. The summed E-state index contributed by atoms with van der Waals surface area (Å²) in [5, 5.41) is 12.5. The molecule has 0 bridgehead atoms. The van der Waals surface area contributed by atoms with Gasteiger partial charge in [0.1, 0.15) is 0 Å². The highest BCUT2D eigenvalue weighted by molar-refractivity contribution is 6.30. The predicted octanol–water partition coefficient (Wildman–Crippen LogP) is 3.26. The van der Waals surface area contributed by atoms with Gasteiger partial charge in [-0.2, -0.15) is 0 Å². The van der Waals surface area contributed by atoms with Crippen molar-refractivity contribution in [2.45, 2.75) is 6.42 Å². The Kier molecular flexibility index (Phi) is 4.30. The number of nitrogens with zero attached hydrogens (tertiary/aromatic N) is 2. The number of nitrogens with one attached hydrogen (secondary N) is 1. The van der Waals surface area contributed by atoms with Crippen molar-refractivity contribution in [3.8, 4) is 0 Å². The van der Waals surface area contributed by atoms with E-state index >= 15 is 0 Å². The van der Waals surface area contributed by atoms with Gasteiger partial charge >= 0.3 is 0 Å². The SMILES string of the molecule is O=C(NCCc1cccc(Cl)c1)c1cc2ccccc2nn1. The molecule has 3 rings (SSSR count). The maximum absolute atomic E-state index is 12.1. The van der Waals surface area contributed by atoms with Crippen LogP contribution in [-0.2, 0) is 6.42 Å². The van der Waals surface area contributed by atoms with Gasteiger partial charge in [-0.05, 0) is 36.2 Å². The lowest BCUT2D eigenvalue weighted by Crippen LogP contribution is -2.26. The molecule has 4 nitrogen and oxygen atoms in total. The highest BCUT2D eigenvalue weighted by Crippen LogP contribution is 2.12. The van der Waals surface area contributed by atoms with E-state index in [9.17, 15) is 4.79 Å². The second kappa shape index (κ2) is 6.54. The van der Waals surface area contributed by atoms with Gasteiger partial charge in [0.15, 0.2) is 5.69 Å². The summed E-state index contributed by atoms with van der Waals surface area (Å²) in [5.74, 6) is -0.222. The number of fused-ring (bicyclic) bond motifs is 1. The van der Waals surface area contributed by atoms with Crippen molar-refractivity contribution in [3.05, 3.63) is 70.9 Å². The number of carbonyl (C=O) groups excluding carboxylic acids is 1. The first-order valence-corrected chi connectivity index (χ1v) is 7.35. The van der Waals surface area contributed by atoms with E-state index in [0.717, 1.165) is 16.5 Å². The Bertz CT molecular complexity index is 820. The zero-order valence-corrected chi connectivity index (χ0v) is 12.5. The topological polar surface area (TPSA) is 54.9 Å². The van der Waals surface area contributed by atoms with Gasteiger partial charge in [0, 0.05) is 17.0 Å². The van der Waals surface area contributed by atoms with Crippen LogP contribution in [0.5, 0.6) is 0 Å². The molecule has 0 fully saturated rings. The van der Waals surface area contributed by atoms with Crippen molar-refractivity contribution in [3.63, 3.8) is 0 Å². The van der Waals surface area contributed by atoms with Crippen LogP contribution in [0.25, 0.3) is 10.9 Å². The minimum absolute atomic E-state index is 0.222. The fourth-order valence-electron chi connectivity index (χ4n) is 2.20. The lowest BCUT2D eigenvalue weighted by atomic mass is 10.1. The van der Waals surface area contributed by atoms with Crippen LogP contribution in [0.2, 0.25) is 5.02 Å². The number of carbonyl (C=O) groups is 1. The van der Waals surface area contributed by atoms with Gasteiger partial charge in [0.25, 0.3) is 5.91 Å². The van der Waals surface area contributed by atoms with E-state index in [1.165, 1.54) is 0 Å². The van der Waals surface area contributed by atoms with Crippen LogP contribution >= 0.6 is 11.6 Å². The standard InChI is InChI=1S/C17H14ClN3O/c18-14-6-3-4-12(10-14)8-9-19-17(22)16-11-13-5-1-2-7-15(13)20-21-16/h1-7,10-11H,8-9H2,(H,19,22). The van der Waals surface area contributed by atoms with Crippen LogP contribution in [0.15, 0.2) is 54.6 Å². The highest BCUT2D eigenvalue weighted by atomic mass is 35.5. The van der Waals surface area contributed by atoms with Crippen LogP contribution in [0.4, 0.5) is 0 Å². The molecule has 1 amide bonds. The summed E-state index contributed by atoms with van der Waals surface area (Å²) in [6, 6.07) is 16.9. The van der Waals surface area contributed by atoms with E-state index in [1.807, 2.05) is 48.5 Å². The largest absolute Gasteiger partial charge is 0.350 e. The van der Waals surface area contributed by atoms with Gasteiger partial charge in [-0.15, -0.1) is 10.2 Å². The summed E-state index contributed by atoms with van der Waals surface area (Å²) in [6.07, 6.45) is 0.716. The molecule has 0 unspecified atom stereocenters. The van der Waals surface area contributed by atoms with Crippen LogP contribution < -0.4 is 5.32 Å². The first kappa shape index (κ1) is 14.5. The third-order valence-electron chi connectivity index (χ3n) is 3.32. The van der Waals surface area contributed by atoms with Gasteiger partial charge in [-0.25, -0.2) is 0 Å². The first-order chi connectivity index (χ1) is 10.7. The Labute approximate surface area is 133 Å². The zero-order chi connectivity index (χ0) is 15.4. The molecule has 0 aliphatic carbocycles. The molecular weight excluding hydrogens is 298 g/mol. The van der Waals surface area contributed by atoms with E-state index in [-0.39, 0.29) is 5.91 Å². The summed E-state index contributed by atoms with van der Waals surface area (Å²) in [6.45, 7) is 0.522. The Morgan fingerprint density at radius 3 is 2.77 bits per heavy atom. The maximum atomic E-state index is 12.1. The highest BCUT2D eigenvalue weighted by Gasteiger charge is 2.08. The zero-order valence-electron chi connectivity index (χ0n) is 11.8. The van der Waals surface area contributed by atoms with Crippen molar-refractivity contribution in [1.29, 1.82) is 0 Å². The Balaban J connectivity index is 1.63. The molecule has 2 aromatic carbocycles. The second-order valence-electron chi connectivity index (χ2n) is 4.92. The first-order valence-electron chi connectivity index (χ1n) is 6.97. The van der Waals surface area contributed by atoms with Gasteiger partial charge < -0.3 is 5.32 Å². The molecule has 0 aliphatic heterocycles. The lowest BCUT2D eigenvalue weighted by Gasteiger charge is -2.05. The van der Waals surface area contributed by atoms with Gasteiger partial charge in [-0.3, -0.25) is 4.79 Å². The molecule has 0 saturated heterocycles. The summed E-state index contributed by atoms with van der Waals surface area (Å²) in [4.78, 5) is 12.1. The molecule has 0 aliphatic rings. The predicted molar refractivity (Wildman–Crippen MR) is 87.0 cm³/mol.